The van der Waals surface area contributed by atoms with Crippen molar-refractivity contribution in [3.05, 3.63) is 0 Å². The largest absolute Gasteiger partial charge is 0.375 e. The van der Waals surface area contributed by atoms with E-state index < -0.39 is 21.8 Å². The van der Waals surface area contributed by atoms with E-state index in [9.17, 15) is 22.0 Å². The van der Waals surface area contributed by atoms with Crippen LogP contribution in [0.15, 0.2) is 0 Å². The standard InChI is InChI=1S/C13H23F2N3O4S/c1-9-11(16-4-7-22-9)12(19)17-8-10-2-5-18(6-3-10)23(20,21)13(14)15/h9-11,13,16H,2-8H2,1H3,(H,17,19)/t9-,11+/m1/s1. The molecule has 2 heterocycles. The van der Waals surface area contributed by atoms with Crippen LogP contribution in [0.3, 0.4) is 0 Å². The lowest BCUT2D eigenvalue weighted by molar-refractivity contribution is -0.129. The van der Waals surface area contributed by atoms with Gasteiger partial charge in [0.25, 0.3) is 10.0 Å². The SMILES string of the molecule is C[C@H]1OCCN[C@@H]1C(=O)NCC1CCN(S(=O)(=O)C(F)F)CC1. The molecule has 0 aromatic rings. The maximum absolute atomic E-state index is 12.5. The first-order chi connectivity index (χ1) is 10.8. The topological polar surface area (TPSA) is 87.7 Å². The second kappa shape index (κ2) is 7.82. The quantitative estimate of drug-likeness (QED) is 0.710. The lowest BCUT2D eigenvalue weighted by atomic mass is 9.98. The summed E-state index contributed by atoms with van der Waals surface area (Å²) in [5.41, 5.74) is 0. The van der Waals surface area contributed by atoms with E-state index in [1.165, 1.54) is 0 Å². The lowest BCUT2D eigenvalue weighted by Crippen LogP contribution is -2.56. The number of piperidine rings is 1. The van der Waals surface area contributed by atoms with Gasteiger partial charge in [0.2, 0.25) is 5.91 Å². The van der Waals surface area contributed by atoms with Gasteiger partial charge < -0.3 is 15.4 Å². The van der Waals surface area contributed by atoms with Gasteiger partial charge in [-0.2, -0.15) is 13.1 Å². The summed E-state index contributed by atoms with van der Waals surface area (Å²) in [5, 5.41) is 5.92. The maximum Gasteiger partial charge on any atom is 0.350 e. The molecule has 2 atom stereocenters. The van der Waals surface area contributed by atoms with E-state index >= 15 is 0 Å². The van der Waals surface area contributed by atoms with Crippen molar-refractivity contribution in [1.29, 1.82) is 0 Å². The maximum atomic E-state index is 12.5. The third kappa shape index (κ3) is 4.59. The minimum absolute atomic E-state index is 0.0639. The van der Waals surface area contributed by atoms with Crippen molar-refractivity contribution in [3.63, 3.8) is 0 Å². The van der Waals surface area contributed by atoms with Gasteiger partial charge in [-0.1, -0.05) is 0 Å². The Balaban J connectivity index is 1.75. The molecule has 134 valence electrons. The molecular weight excluding hydrogens is 332 g/mol. The van der Waals surface area contributed by atoms with Crippen LogP contribution in [0, 0.1) is 5.92 Å². The molecule has 0 unspecified atom stereocenters. The van der Waals surface area contributed by atoms with Crippen molar-refractivity contribution in [1.82, 2.24) is 14.9 Å². The first-order valence-electron chi connectivity index (χ1n) is 7.72. The van der Waals surface area contributed by atoms with Crippen LogP contribution in [0.1, 0.15) is 19.8 Å². The number of carbonyl (C=O) groups is 1. The zero-order valence-corrected chi connectivity index (χ0v) is 13.8. The Kier molecular flexibility index (Phi) is 6.29. The van der Waals surface area contributed by atoms with Crippen LogP contribution >= 0.6 is 0 Å². The monoisotopic (exact) mass is 355 g/mol. The highest BCUT2D eigenvalue weighted by molar-refractivity contribution is 7.89. The molecule has 0 saturated carbocycles. The number of halogens is 2. The summed E-state index contributed by atoms with van der Waals surface area (Å²) in [6.07, 6.45) is 0.703. The molecule has 0 radical (unpaired) electrons. The summed E-state index contributed by atoms with van der Waals surface area (Å²) in [7, 11) is -4.49. The van der Waals surface area contributed by atoms with E-state index in [0.29, 0.717) is 32.5 Å². The highest BCUT2D eigenvalue weighted by atomic mass is 32.2. The first kappa shape index (κ1) is 18.5. The number of morpholine rings is 1. The fourth-order valence-corrected chi connectivity index (χ4v) is 3.81. The summed E-state index contributed by atoms with van der Waals surface area (Å²) in [6.45, 7) is 3.55. The van der Waals surface area contributed by atoms with Crippen LogP contribution in [-0.2, 0) is 19.6 Å². The van der Waals surface area contributed by atoms with Gasteiger partial charge in [0.15, 0.2) is 0 Å². The van der Waals surface area contributed by atoms with E-state index in [-0.39, 0.29) is 31.0 Å². The molecule has 0 aromatic carbocycles. The van der Waals surface area contributed by atoms with E-state index in [4.69, 9.17) is 4.74 Å². The molecule has 2 aliphatic heterocycles. The molecule has 2 N–H and O–H groups in total. The van der Waals surface area contributed by atoms with Crippen molar-refractivity contribution in [2.75, 3.05) is 32.8 Å². The van der Waals surface area contributed by atoms with Gasteiger partial charge >= 0.3 is 5.76 Å². The summed E-state index contributed by atoms with van der Waals surface area (Å²) >= 11 is 0. The number of alkyl halides is 2. The molecule has 2 saturated heterocycles. The van der Waals surface area contributed by atoms with Crippen molar-refractivity contribution in [2.45, 2.75) is 37.7 Å². The van der Waals surface area contributed by atoms with Crippen molar-refractivity contribution < 1.29 is 26.7 Å². The van der Waals surface area contributed by atoms with E-state index in [2.05, 4.69) is 10.6 Å². The Labute approximate surface area is 134 Å². The number of hydrogen-bond acceptors (Lipinski definition) is 5. The zero-order valence-electron chi connectivity index (χ0n) is 13.0. The second-order valence-corrected chi connectivity index (χ2v) is 7.80. The number of carbonyl (C=O) groups excluding carboxylic acids is 1. The van der Waals surface area contributed by atoms with Gasteiger partial charge in [-0.05, 0) is 25.7 Å². The Hall–Kier alpha value is -0.840. The fraction of sp³-hybridized carbons (Fsp3) is 0.923. The van der Waals surface area contributed by atoms with Crippen molar-refractivity contribution in [2.24, 2.45) is 5.92 Å². The number of amides is 1. The normalized spacial score (nSPS) is 28.0. The van der Waals surface area contributed by atoms with Gasteiger partial charge in [-0.15, -0.1) is 0 Å². The van der Waals surface area contributed by atoms with Gasteiger partial charge in [0.1, 0.15) is 6.04 Å². The lowest BCUT2D eigenvalue weighted by Gasteiger charge is -2.32. The number of rotatable bonds is 5. The Morgan fingerprint density at radius 3 is 2.61 bits per heavy atom. The Morgan fingerprint density at radius 2 is 2.04 bits per heavy atom. The second-order valence-electron chi connectivity index (χ2n) is 5.90. The molecule has 10 heteroatoms. The number of ether oxygens (including phenoxy) is 1. The number of sulfonamides is 1. The van der Waals surface area contributed by atoms with Crippen molar-refractivity contribution in [3.8, 4) is 0 Å². The van der Waals surface area contributed by atoms with E-state index in [1.54, 1.807) is 0 Å². The Bertz CT molecular complexity index is 509. The molecule has 7 nitrogen and oxygen atoms in total. The molecule has 2 rings (SSSR count). The predicted octanol–water partition coefficient (Wildman–Crippen LogP) is -0.256. The number of nitrogens with zero attached hydrogens (tertiary/aromatic N) is 1. The van der Waals surface area contributed by atoms with Crippen LogP contribution in [0.5, 0.6) is 0 Å². The molecular formula is C13H23F2N3O4S. The average molecular weight is 355 g/mol. The average Bonchev–Trinajstić information content (AvgIpc) is 2.53. The van der Waals surface area contributed by atoms with Crippen LogP contribution in [0.25, 0.3) is 0 Å². The van der Waals surface area contributed by atoms with Gasteiger partial charge in [-0.25, -0.2) is 8.42 Å². The molecule has 2 aliphatic rings. The molecule has 0 aliphatic carbocycles. The van der Waals surface area contributed by atoms with E-state index in [0.717, 1.165) is 4.31 Å². The fourth-order valence-electron chi connectivity index (χ4n) is 2.86. The van der Waals surface area contributed by atoms with Crippen LogP contribution < -0.4 is 10.6 Å². The predicted molar refractivity (Wildman–Crippen MR) is 79.4 cm³/mol. The molecule has 0 bridgehead atoms. The molecule has 1 amide bonds. The third-order valence-electron chi connectivity index (χ3n) is 4.32. The zero-order chi connectivity index (χ0) is 17.0. The van der Waals surface area contributed by atoms with E-state index in [1.807, 2.05) is 6.92 Å². The molecule has 2 fully saturated rings. The summed E-state index contributed by atoms with van der Waals surface area (Å²) in [5.74, 6) is -3.44. The highest BCUT2D eigenvalue weighted by Gasteiger charge is 2.35. The Morgan fingerprint density at radius 1 is 1.39 bits per heavy atom. The minimum Gasteiger partial charge on any atom is -0.375 e. The molecule has 0 spiro atoms. The summed E-state index contributed by atoms with van der Waals surface area (Å²) in [4.78, 5) is 12.1. The molecule has 23 heavy (non-hydrogen) atoms. The van der Waals surface area contributed by atoms with Crippen LogP contribution in [0.4, 0.5) is 8.78 Å². The smallest absolute Gasteiger partial charge is 0.350 e. The third-order valence-corrected chi connectivity index (χ3v) is 5.86. The van der Waals surface area contributed by atoms with Crippen LogP contribution in [0.2, 0.25) is 0 Å². The first-order valence-corrected chi connectivity index (χ1v) is 9.22. The number of nitrogens with one attached hydrogen (secondary N) is 2. The van der Waals surface area contributed by atoms with Crippen molar-refractivity contribution >= 4 is 15.9 Å². The van der Waals surface area contributed by atoms with Gasteiger partial charge in [-0.3, -0.25) is 4.79 Å². The van der Waals surface area contributed by atoms with Gasteiger partial charge in [0, 0.05) is 26.2 Å². The van der Waals surface area contributed by atoms with Crippen LogP contribution in [-0.4, -0.2) is 69.3 Å². The molecule has 0 aromatic heterocycles. The highest BCUT2D eigenvalue weighted by Crippen LogP contribution is 2.22. The summed E-state index contributed by atoms with van der Waals surface area (Å²) in [6, 6.07) is -0.400. The minimum atomic E-state index is -4.49. The summed E-state index contributed by atoms with van der Waals surface area (Å²) < 4.78 is 54.0. The number of hydrogen-bond donors (Lipinski definition) is 2. The van der Waals surface area contributed by atoms with Gasteiger partial charge in [0.05, 0.1) is 12.7 Å².